The summed E-state index contributed by atoms with van der Waals surface area (Å²) in [6, 6.07) is 1.26. The zero-order valence-corrected chi connectivity index (χ0v) is 10.9. The Morgan fingerprint density at radius 3 is 3.12 bits per heavy atom. The summed E-state index contributed by atoms with van der Waals surface area (Å²) in [7, 11) is 0. The van der Waals surface area contributed by atoms with E-state index in [2.05, 4.69) is 0 Å². The summed E-state index contributed by atoms with van der Waals surface area (Å²) in [6.45, 7) is 1.33. The van der Waals surface area contributed by atoms with E-state index in [1.807, 2.05) is 22.6 Å². The van der Waals surface area contributed by atoms with Crippen LogP contribution in [0.5, 0.6) is 0 Å². The van der Waals surface area contributed by atoms with E-state index in [0.717, 1.165) is 25.9 Å². The number of pyridine rings is 1. The van der Waals surface area contributed by atoms with Crippen molar-refractivity contribution < 1.29 is 9.13 Å². The quantitative estimate of drug-likeness (QED) is 0.792. The van der Waals surface area contributed by atoms with Gasteiger partial charge in [-0.15, -0.1) is 0 Å². The number of aryl methyl sites for hydroxylation is 1. The van der Waals surface area contributed by atoms with E-state index in [1.165, 1.54) is 16.8 Å². The third-order valence-corrected chi connectivity index (χ3v) is 3.50. The summed E-state index contributed by atoms with van der Waals surface area (Å²) in [6.07, 6.45) is 4.40. The molecule has 5 heteroatoms. The van der Waals surface area contributed by atoms with Gasteiger partial charge in [0.25, 0.3) is 5.56 Å². The lowest BCUT2D eigenvalue weighted by Gasteiger charge is -2.11. The molecule has 88 valence electrons. The molecule has 2 heterocycles. The number of hydrogen-bond donors (Lipinski definition) is 0. The van der Waals surface area contributed by atoms with Crippen molar-refractivity contribution in [3.8, 4) is 0 Å². The number of nitrogens with zero attached hydrogens (tertiary/aromatic N) is 1. The Balaban J connectivity index is 2.05. The molecule has 1 aliphatic heterocycles. The minimum absolute atomic E-state index is 0.125. The Morgan fingerprint density at radius 2 is 2.44 bits per heavy atom. The molecule has 0 N–H and O–H groups in total. The Bertz CT molecular complexity index is 426. The van der Waals surface area contributed by atoms with Crippen LogP contribution < -0.4 is 5.56 Å². The second kappa shape index (κ2) is 5.27. The Hall–Kier alpha value is -0.430. The van der Waals surface area contributed by atoms with Gasteiger partial charge in [0.15, 0.2) is 0 Å². The first kappa shape index (κ1) is 12.0. The van der Waals surface area contributed by atoms with Crippen LogP contribution in [0.4, 0.5) is 4.39 Å². The molecule has 0 aliphatic carbocycles. The molecule has 1 atom stereocenters. The molecular weight excluding hydrogens is 324 g/mol. The first-order valence-electron chi connectivity index (χ1n) is 5.34. The van der Waals surface area contributed by atoms with E-state index >= 15 is 0 Å². The van der Waals surface area contributed by atoms with Crippen LogP contribution in [0.1, 0.15) is 19.3 Å². The first-order valence-corrected chi connectivity index (χ1v) is 6.42. The summed E-state index contributed by atoms with van der Waals surface area (Å²) < 4.78 is 20.4. The fourth-order valence-electron chi connectivity index (χ4n) is 1.89. The van der Waals surface area contributed by atoms with Gasteiger partial charge in [0.2, 0.25) is 0 Å². The van der Waals surface area contributed by atoms with E-state index < -0.39 is 0 Å². The van der Waals surface area contributed by atoms with E-state index in [9.17, 15) is 9.18 Å². The molecule has 3 nitrogen and oxygen atoms in total. The zero-order chi connectivity index (χ0) is 11.5. The van der Waals surface area contributed by atoms with Crippen molar-refractivity contribution in [2.75, 3.05) is 6.61 Å². The average Bonchev–Trinajstić information content (AvgIpc) is 2.74. The Morgan fingerprint density at radius 1 is 1.62 bits per heavy atom. The average molecular weight is 337 g/mol. The van der Waals surface area contributed by atoms with Crippen LogP contribution in [0.25, 0.3) is 0 Å². The van der Waals surface area contributed by atoms with Gasteiger partial charge in [0.05, 0.1) is 9.67 Å². The summed E-state index contributed by atoms with van der Waals surface area (Å²) in [5.41, 5.74) is -0.125. The molecule has 2 rings (SSSR count). The maximum Gasteiger partial charge on any atom is 0.264 e. The highest BCUT2D eigenvalue weighted by molar-refractivity contribution is 14.1. The van der Waals surface area contributed by atoms with Crippen LogP contribution in [-0.4, -0.2) is 17.3 Å². The minimum atomic E-state index is -0.364. The van der Waals surface area contributed by atoms with Crippen molar-refractivity contribution in [1.29, 1.82) is 0 Å². The van der Waals surface area contributed by atoms with Gasteiger partial charge in [-0.1, -0.05) is 0 Å². The minimum Gasteiger partial charge on any atom is -0.378 e. The summed E-state index contributed by atoms with van der Waals surface area (Å²) >= 11 is 1.86. The SMILES string of the molecule is O=c1c(I)cc(F)cn1CC[C@H]1CCCO1. The lowest BCUT2D eigenvalue weighted by molar-refractivity contribution is 0.1000. The maximum absolute atomic E-state index is 13.1. The molecule has 0 bridgehead atoms. The fraction of sp³-hybridized carbons (Fsp3) is 0.545. The van der Waals surface area contributed by atoms with Crippen LogP contribution in [0.15, 0.2) is 17.1 Å². The van der Waals surface area contributed by atoms with E-state index in [1.54, 1.807) is 0 Å². The number of ether oxygens (including phenoxy) is 1. The Kier molecular flexibility index (Phi) is 3.96. The predicted octanol–water partition coefficient (Wildman–Crippen LogP) is 2.16. The molecule has 16 heavy (non-hydrogen) atoms. The molecule has 1 fully saturated rings. The third-order valence-electron chi connectivity index (χ3n) is 2.72. The van der Waals surface area contributed by atoms with Crippen LogP contribution in [0.3, 0.4) is 0 Å². The number of halogens is 2. The molecule has 0 amide bonds. The number of aromatic nitrogens is 1. The van der Waals surface area contributed by atoms with E-state index in [4.69, 9.17) is 4.74 Å². The monoisotopic (exact) mass is 337 g/mol. The van der Waals surface area contributed by atoms with Crippen molar-refractivity contribution in [2.45, 2.75) is 31.9 Å². The zero-order valence-electron chi connectivity index (χ0n) is 8.79. The van der Waals surface area contributed by atoms with Crippen molar-refractivity contribution in [3.63, 3.8) is 0 Å². The highest BCUT2D eigenvalue weighted by Crippen LogP contribution is 2.15. The second-order valence-electron chi connectivity index (χ2n) is 3.93. The molecule has 1 saturated heterocycles. The van der Waals surface area contributed by atoms with Gasteiger partial charge >= 0.3 is 0 Å². The second-order valence-corrected chi connectivity index (χ2v) is 5.09. The highest BCUT2D eigenvalue weighted by atomic mass is 127. The highest BCUT2D eigenvalue weighted by Gasteiger charge is 2.15. The van der Waals surface area contributed by atoms with Crippen LogP contribution >= 0.6 is 22.6 Å². The van der Waals surface area contributed by atoms with Gasteiger partial charge in [-0.3, -0.25) is 4.79 Å². The maximum atomic E-state index is 13.1. The Labute approximate surface area is 107 Å². The first-order chi connectivity index (χ1) is 7.66. The molecule has 1 aliphatic rings. The topological polar surface area (TPSA) is 31.2 Å². The lowest BCUT2D eigenvalue weighted by Crippen LogP contribution is -2.24. The lowest BCUT2D eigenvalue weighted by atomic mass is 10.2. The van der Waals surface area contributed by atoms with Crippen LogP contribution in [-0.2, 0) is 11.3 Å². The van der Waals surface area contributed by atoms with Crippen molar-refractivity contribution in [3.05, 3.63) is 32.0 Å². The van der Waals surface area contributed by atoms with Crippen molar-refractivity contribution in [2.24, 2.45) is 0 Å². The van der Waals surface area contributed by atoms with Gasteiger partial charge in [0.1, 0.15) is 5.82 Å². The number of rotatable bonds is 3. The van der Waals surface area contributed by atoms with Gasteiger partial charge in [0, 0.05) is 19.3 Å². The summed E-state index contributed by atoms with van der Waals surface area (Å²) in [4.78, 5) is 11.7. The van der Waals surface area contributed by atoms with Gasteiger partial charge < -0.3 is 9.30 Å². The normalized spacial score (nSPS) is 20.2. The van der Waals surface area contributed by atoms with Gasteiger partial charge in [-0.25, -0.2) is 4.39 Å². The van der Waals surface area contributed by atoms with Gasteiger partial charge in [-0.2, -0.15) is 0 Å². The molecule has 1 aromatic heterocycles. The summed E-state index contributed by atoms with van der Waals surface area (Å²) in [5, 5.41) is 0. The van der Waals surface area contributed by atoms with E-state index in [0.29, 0.717) is 10.1 Å². The molecule has 0 saturated carbocycles. The fourth-order valence-corrected chi connectivity index (χ4v) is 2.49. The third kappa shape index (κ3) is 2.82. The van der Waals surface area contributed by atoms with Crippen LogP contribution in [0, 0.1) is 9.39 Å². The smallest absolute Gasteiger partial charge is 0.264 e. The molecule has 0 radical (unpaired) electrons. The van der Waals surface area contributed by atoms with Crippen LogP contribution in [0.2, 0.25) is 0 Å². The molecule has 0 aromatic carbocycles. The van der Waals surface area contributed by atoms with Crippen molar-refractivity contribution >= 4 is 22.6 Å². The molecule has 0 unspecified atom stereocenters. The molecular formula is C11H13FINO2. The molecule has 0 spiro atoms. The van der Waals surface area contributed by atoms with E-state index in [-0.39, 0.29) is 17.5 Å². The standard InChI is InChI=1S/C11H13FINO2/c12-8-6-10(13)11(15)14(7-8)4-3-9-2-1-5-16-9/h6-7,9H,1-5H2/t9-/m1/s1. The largest absolute Gasteiger partial charge is 0.378 e. The number of hydrogen-bond acceptors (Lipinski definition) is 2. The molecule has 1 aromatic rings. The predicted molar refractivity (Wildman–Crippen MR) is 67.0 cm³/mol. The van der Waals surface area contributed by atoms with Gasteiger partial charge in [-0.05, 0) is 47.9 Å². The summed E-state index contributed by atoms with van der Waals surface area (Å²) in [5.74, 6) is -0.364. The van der Waals surface area contributed by atoms with Crippen molar-refractivity contribution in [1.82, 2.24) is 4.57 Å².